The summed E-state index contributed by atoms with van der Waals surface area (Å²) in [5.74, 6) is 0. The molecule has 0 atom stereocenters. The molecule has 0 saturated heterocycles. The van der Waals surface area contributed by atoms with E-state index in [1.165, 1.54) is 43.5 Å². The summed E-state index contributed by atoms with van der Waals surface area (Å²) in [6.07, 6.45) is 6.48. The minimum atomic E-state index is -0.272. The van der Waals surface area contributed by atoms with E-state index in [1.54, 1.807) is 0 Å². The second kappa shape index (κ2) is 11.7. The first kappa shape index (κ1) is 29.8. The predicted molar refractivity (Wildman–Crippen MR) is 212 cm³/mol. The Morgan fingerprint density at radius 3 is 2.30 bits per heavy atom. The molecule has 4 nitrogen and oxygen atoms in total. The molecule has 0 unspecified atom stereocenters. The summed E-state index contributed by atoms with van der Waals surface area (Å²) in [5.41, 5.74) is 10.7. The molecule has 50 heavy (non-hydrogen) atoms. The Morgan fingerprint density at radius 1 is 0.680 bits per heavy atom. The van der Waals surface area contributed by atoms with Crippen LogP contribution in [0.4, 0.5) is 0 Å². The van der Waals surface area contributed by atoms with E-state index in [2.05, 4.69) is 193 Å². The van der Waals surface area contributed by atoms with Gasteiger partial charge in [0.05, 0.1) is 28.0 Å². The Labute approximate surface area is 291 Å². The van der Waals surface area contributed by atoms with Gasteiger partial charge in [-0.05, 0) is 71.1 Å². The van der Waals surface area contributed by atoms with Gasteiger partial charge in [-0.2, -0.15) is 0 Å². The van der Waals surface area contributed by atoms with Crippen molar-refractivity contribution in [2.24, 2.45) is 15.4 Å². The van der Waals surface area contributed by atoms with Gasteiger partial charge in [0, 0.05) is 44.6 Å². The fourth-order valence-electron chi connectivity index (χ4n) is 7.84. The maximum atomic E-state index is 5.57. The third kappa shape index (κ3) is 4.75. The van der Waals surface area contributed by atoms with Crippen molar-refractivity contribution < 1.29 is 0 Å². The topological polar surface area (TPSA) is 34.6 Å². The molecule has 0 fully saturated rings. The number of hydrogen-bond acceptors (Lipinski definition) is 2. The fourth-order valence-corrected chi connectivity index (χ4v) is 7.84. The zero-order valence-corrected chi connectivity index (χ0v) is 28.2. The molecule has 9 rings (SSSR count). The SMILES string of the molecule is C=NC1=C(/C(=N\Cn2c3ccccc3c3ccc4c(ccn4-c4ccccc4)c32)c2cccc(-c3cccc4ccccc34)c2)C(C)(C)C=C1. The van der Waals surface area contributed by atoms with Gasteiger partial charge in [-0.3, -0.25) is 9.98 Å². The molecule has 0 bridgehead atoms. The molecule has 240 valence electrons. The summed E-state index contributed by atoms with van der Waals surface area (Å²) in [6.45, 7) is 8.87. The van der Waals surface area contributed by atoms with Crippen LogP contribution >= 0.6 is 0 Å². The molecule has 0 N–H and O–H groups in total. The Morgan fingerprint density at radius 2 is 1.44 bits per heavy atom. The van der Waals surface area contributed by atoms with E-state index < -0.39 is 0 Å². The maximum absolute atomic E-state index is 5.57. The number of aliphatic imine (C=N–C) groups is 2. The van der Waals surface area contributed by atoms with Crippen molar-refractivity contribution in [3.63, 3.8) is 0 Å². The first-order chi connectivity index (χ1) is 24.5. The van der Waals surface area contributed by atoms with E-state index >= 15 is 0 Å². The van der Waals surface area contributed by atoms with Gasteiger partial charge in [-0.1, -0.05) is 123 Å². The third-order valence-electron chi connectivity index (χ3n) is 10.2. The molecule has 6 aromatic carbocycles. The van der Waals surface area contributed by atoms with Crippen molar-refractivity contribution >= 4 is 55.9 Å². The Balaban J connectivity index is 1.26. The molecule has 0 spiro atoms. The van der Waals surface area contributed by atoms with Gasteiger partial charge in [-0.15, -0.1) is 0 Å². The van der Waals surface area contributed by atoms with Gasteiger partial charge < -0.3 is 9.13 Å². The van der Waals surface area contributed by atoms with Crippen LogP contribution in [0.25, 0.3) is 60.3 Å². The molecular formula is C46H36N4. The van der Waals surface area contributed by atoms with Crippen molar-refractivity contribution in [3.8, 4) is 16.8 Å². The smallest absolute Gasteiger partial charge is 0.115 e. The van der Waals surface area contributed by atoms with E-state index in [9.17, 15) is 0 Å². The summed E-state index contributed by atoms with van der Waals surface area (Å²) in [6, 6.07) is 49.9. The summed E-state index contributed by atoms with van der Waals surface area (Å²) in [4.78, 5) is 10.1. The molecule has 1 aliphatic carbocycles. The third-order valence-corrected chi connectivity index (χ3v) is 10.2. The zero-order chi connectivity index (χ0) is 33.8. The van der Waals surface area contributed by atoms with Gasteiger partial charge >= 0.3 is 0 Å². The molecular weight excluding hydrogens is 609 g/mol. The second-order valence-corrected chi connectivity index (χ2v) is 13.6. The molecule has 4 heteroatoms. The van der Waals surface area contributed by atoms with Crippen LogP contribution in [0.1, 0.15) is 19.4 Å². The number of rotatable bonds is 7. The monoisotopic (exact) mass is 644 g/mol. The maximum Gasteiger partial charge on any atom is 0.115 e. The van der Waals surface area contributed by atoms with Gasteiger partial charge in [0.25, 0.3) is 0 Å². The second-order valence-electron chi connectivity index (χ2n) is 13.6. The van der Waals surface area contributed by atoms with E-state index in [0.29, 0.717) is 6.67 Å². The lowest BCUT2D eigenvalue weighted by Crippen LogP contribution is -2.20. The van der Waals surface area contributed by atoms with Crippen LogP contribution < -0.4 is 0 Å². The highest BCUT2D eigenvalue weighted by Gasteiger charge is 2.32. The van der Waals surface area contributed by atoms with Crippen LogP contribution in [0.3, 0.4) is 0 Å². The number of fused-ring (bicyclic) bond motifs is 6. The standard InChI is InChI=1S/C46H36N4/c1-46(2)27-25-40(47-3)43(46)44(33-16-11-15-32(29-33)36-21-12-14-31-13-7-8-19-35(31)36)48-30-50-41-22-10-9-20-37(41)38-23-24-42-39(45(38)50)26-28-49(42)34-17-5-4-6-18-34/h4-29H,3,30H2,1-2H3/b48-44-. The number of nitrogens with zero attached hydrogens (tertiary/aromatic N) is 4. The molecule has 2 aromatic heterocycles. The molecule has 8 aromatic rings. The van der Waals surface area contributed by atoms with Crippen LogP contribution in [0.2, 0.25) is 0 Å². The lowest BCUT2D eigenvalue weighted by atomic mass is 9.81. The Bertz CT molecular complexity index is 2710. The lowest BCUT2D eigenvalue weighted by molar-refractivity contribution is 0.610. The Kier molecular flexibility index (Phi) is 6.99. The quantitative estimate of drug-likeness (QED) is 0.155. The van der Waals surface area contributed by atoms with Crippen LogP contribution in [-0.2, 0) is 6.67 Å². The fraction of sp³-hybridized carbons (Fsp3) is 0.0870. The highest BCUT2D eigenvalue weighted by Crippen LogP contribution is 2.41. The lowest BCUT2D eigenvalue weighted by Gasteiger charge is -2.24. The number of benzene rings is 6. The van der Waals surface area contributed by atoms with Crippen LogP contribution in [-0.4, -0.2) is 21.6 Å². The van der Waals surface area contributed by atoms with E-state index in [1.807, 2.05) is 0 Å². The first-order valence-corrected chi connectivity index (χ1v) is 17.1. The minimum absolute atomic E-state index is 0.272. The summed E-state index contributed by atoms with van der Waals surface area (Å²) in [7, 11) is 0. The average molecular weight is 645 g/mol. The van der Waals surface area contributed by atoms with Crippen molar-refractivity contribution in [2.75, 3.05) is 0 Å². The first-order valence-electron chi connectivity index (χ1n) is 17.1. The van der Waals surface area contributed by atoms with Crippen molar-refractivity contribution in [1.82, 2.24) is 9.13 Å². The largest absolute Gasteiger partial charge is 0.320 e. The number of allylic oxidation sites excluding steroid dienone is 3. The molecule has 0 aliphatic heterocycles. The van der Waals surface area contributed by atoms with Gasteiger partial charge in [-0.25, -0.2) is 0 Å². The number of aromatic nitrogens is 2. The molecule has 0 radical (unpaired) electrons. The van der Waals surface area contributed by atoms with E-state index in [4.69, 9.17) is 4.99 Å². The summed E-state index contributed by atoms with van der Waals surface area (Å²) in [5, 5.41) is 6.11. The van der Waals surface area contributed by atoms with Gasteiger partial charge in [0.1, 0.15) is 6.67 Å². The summed E-state index contributed by atoms with van der Waals surface area (Å²) >= 11 is 0. The number of hydrogen-bond donors (Lipinski definition) is 0. The van der Waals surface area contributed by atoms with Crippen LogP contribution in [0, 0.1) is 5.41 Å². The van der Waals surface area contributed by atoms with Crippen molar-refractivity contribution in [1.29, 1.82) is 0 Å². The molecule has 0 amide bonds. The normalized spacial score (nSPS) is 14.5. The van der Waals surface area contributed by atoms with E-state index in [0.717, 1.165) is 39.3 Å². The number of para-hydroxylation sites is 2. The average Bonchev–Trinajstić information content (AvgIpc) is 3.83. The predicted octanol–water partition coefficient (Wildman–Crippen LogP) is 11.6. The minimum Gasteiger partial charge on any atom is -0.320 e. The van der Waals surface area contributed by atoms with E-state index in [-0.39, 0.29) is 5.41 Å². The zero-order valence-electron chi connectivity index (χ0n) is 28.2. The molecule has 1 aliphatic rings. The highest BCUT2D eigenvalue weighted by atomic mass is 15.1. The van der Waals surface area contributed by atoms with Gasteiger partial charge in [0.15, 0.2) is 0 Å². The van der Waals surface area contributed by atoms with Gasteiger partial charge in [0.2, 0.25) is 0 Å². The van der Waals surface area contributed by atoms with Crippen LogP contribution in [0.5, 0.6) is 0 Å². The molecule has 0 saturated carbocycles. The molecule has 2 heterocycles. The van der Waals surface area contributed by atoms with Crippen molar-refractivity contribution in [3.05, 3.63) is 175 Å². The van der Waals surface area contributed by atoms with Crippen molar-refractivity contribution in [2.45, 2.75) is 20.5 Å². The van der Waals surface area contributed by atoms with Crippen LogP contribution in [0.15, 0.2) is 179 Å². The Hall–Kier alpha value is -6.26. The summed E-state index contributed by atoms with van der Waals surface area (Å²) < 4.78 is 4.65. The highest BCUT2D eigenvalue weighted by molar-refractivity contribution is 6.18.